The van der Waals surface area contributed by atoms with Gasteiger partial charge in [0.25, 0.3) is 5.91 Å². The topological polar surface area (TPSA) is 125 Å². The zero-order chi connectivity index (χ0) is 27.0. The molecule has 0 aromatic carbocycles. The minimum atomic E-state index is -4.96. The molecule has 0 unspecified atom stereocenters. The number of sulfonamides is 1. The van der Waals surface area contributed by atoms with Crippen LogP contribution in [-0.4, -0.2) is 76.8 Å². The molecule has 36 heavy (non-hydrogen) atoms. The lowest BCUT2D eigenvalue weighted by atomic mass is 10.0. The highest BCUT2D eigenvalue weighted by Gasteiger charge is 2.40. The van der Waals surface area contributed by atoms with Gasteiger partial charge in [-0.05, 0) is 36.8 Å². The first-order valence-corrected chi connectivity index (χ1v) is 12.6. The lowest BCUT2D eigenvalue weighted by Crippen LogP contribution is -2.56. The standard InChI is InChI=1S/C21H22ClF3N6O4S/c1-5-18(32)30-9-11(2)31(36(4,34)35)16(10-30)12-6-13(27-17(22)7-12)14-8-15(19(33)26-3)29-20(28-14)21(23,24)25/h5-8,11,16H,1,9-10H2,2-4H3,(H,26,33)/t11-,16+/m1/s1. The number of carbonyl (C=O) groups is 2. The summed E-state index contributed by atoms with van der Waals surface area (Å²) in [7, 11) is -2.56. The van der Waals surface area contributed by atoms with Crippen molar-refractivity contribution in [1.29, 1.82) is 0 Å². The van der Waals surface area contributed by atoms with E-state index >= 15 is 0 Å². The number of amides is 2. The van der Waals surface area contributed by atoms with Gasteiger partial charge in [-0.2, -0.15) is 17.5 Å². The van der Waals surface area contributed by atoms with Crippen LogP contribution in [0.4, 0.5) is 13.2 Å². The highest BCUT2D eigenvalue weighted by atomic mass is 35.5. The second kappa shape index (κ2) is 10.1. The lowest BCUT2D eigenvalue weighted by Gasteiger charge is -2.44. The van der Waals surface area contributed by atoms with E-state index < -0.39 is 51.6 Å². The number of hydrogen-bond acceptors (Lipinski definition) is 7. The third-order valence-corrected chi connectivity index (χ3v) is 6.97. The molecule has 10 nitrogen and oxygen atoms in total. The Hall–Kier alpha value is -3.10. The van der Waals surface area contributed by atoms with Crippen molar-refractivity contribution < 1.29 is 31.2 Å². The van der Waals surface area contributed by atoms with E-state index in [-0.39, 0.29) is 35.2 Å². The minimum Gasteiger partial charge on any atom is -0.354 e. The molecule has 2 atom stereocenters. The van der Waals surface area contributed by atoms with Gasteiger partial charge < -0.3 is 10.2 Å². The molecule has 0 aliphatic carbocycles. The highest BCUT2D eigenvalue weighted by Crippen LogP contribution is 2.35. The quantitative estimate of drug-likeness (QED) is 0.450. The number of aromatic nitrogens is 3. The summed E-state index contributed by atoms with van der Waals surface area (Å²) in [5.74, 6) is -2.86. The number of alkyl halides is 3. The van der Waals surface area contributed by atoms with Crippen LogP contribution < -0.4 is 5.32 Å². The average molecular weight is 547 g/mol. The van der Waals surface area contributed by atoms with Gasteiger partial charge in [-0.1, -0.05) is 18.2 Å². The summed E-state index contributed by atoms with van der Waals surface area (Å²) in [6, 6.07) is 2.12. The number of rotatable bonds is 5. The van der Waals surface area contributed by atoms with Crippen molar-refractivity contribution in [2.45, 2.75) is 25.2 Å². The first kappa shape index (κ1) is 27.5. The molecule has 2 aromatic heterocycles. The van der Waals surface area contributed by atoms with Crippen molar-refractivity contribution in [3.05, 3.63) is 53.1 Å². The lowest BCUT2D eigenvalue weighted by molar-refractivity contribution is -0.145. The van der Waals surface area contributed by atoms with Crippen molar-refractivity contribution in [1.82, 2.24) is 29.5 Å². The summed E-state index contributed by atoms with van der Waals surface area (Å²) in [6.45, 7) is 5.12. The van der Waals surface area contributed by atoms with Crippen molar-refractivity contribution in [3.8, 4) is 11.4 Å². The largest absolute Gasteiger partial charge is 0.451 e. The fourth-order valence-electron chi connectivity index (χ4n) is 3.98. The van der Waals surface area contributed by atoms with Crippen LogP contribution in [0.1, 0.15) is 34.8 Å². The van der Waals surface area contributed by atoms with Gasteiger partial charge in [-0.15, -0.1) is 0 Å². The summed E-state index contributed by atoms with van der Waals surface area (Å²) in [5.41, 5.74) is -0.792. The van der Waals surface area contributed by atoms with Crippen LogP contribution in [0, 0.1) is 0 Å². The van der Waals surface area contributed by atoms with E-state index in [1.165, 1.54) is 28.4 Å². The Morgan fingerprint density at radius 1 is 1.17 bits per heavy atom. The molecule has 0 saturated carbocycles. The van der Waals surface area contributed by atoms with Crippen LogP contribution >= 0.6 is 11.6 Å². The van der Waals surface area contributed by atoms with E-state index in [0.717, 1.165) is 18.4 Å². The van der Waals surface area contributed by atoms with Gasteiger partial charge in [-0.3, -0.25) is 9.59 Å². The monoisotopic (exact) mass is 546 g/mol. The van der Waals surface area contributed by atoms with Crippen LogP contribution in [0.25, 0.3) is 11.4 Å². The molecule has 2 aromatic rings. The molecule has 1 fully saturated rings. The minimum absolute atomic E-state index is 0.0664. The van der Waals surface area contributed by atoms with Crippen LogP contribution in [0.15, 0.2) is 30.9 Å². The average Bonchev–Trinajstić information content (AvgIpc) is 2.80. The highest BCUT2D eigenvalue weighted by molar-refractivity contribution is 7.88. The SMILES string of the molecule is C=CC(=O)N1C[C@@H](C)N(S(C)(=O)=O)[C@H](c2cc(Cl)nc(-c3cc(C(=O)NC)nc(C(F)(F)F)n3)c2)C1. The van der Waals surface area contributed by atoms with Gasteiger partial charge in [-0.25, -0.2) is 23.4 Å². The Bertz CT molecular complexity index is 1320. The molecule has 2 amide bonds. The predicted octanol–water partition coefficient (Wildman–Crippen LogP) is 2.29. The zero-order valence-corrected chi connectivity index (χ0v) is 20.9. The smallest absolute Gasteiger partial charge is 0.354 e. The summed E-state index contributed by atoms with van der Waals surface area (Å²) < 4.78 is 66.8. The van der Waals surface area contributed by atoms with E-state index in [4.69, 9.17) is 11.6 Å². The maximum atomic E-state index is 13.4. The summed E-state index contributed by atoms with van der Waals surface area (Å²) >= 11 is 6.18. The van der Waals surface area contributed by atoms with Gasteiger partial charge in [0.05, 0.1) is 23.7 Å². The van der Waals surface area contributed by atoms with Crippen molar-refractivity contribution in [3.63, 3.8) is 0 Å². The molecule has 1 aliphatic heterocycles. The fourth-order valence-corrected chi connectivity index (χ4v) is 5.57. The molecule has 1 saturated heterocycles. The summed E-state index contributed by atoms with van der Waals surface area (Å²) in [6.07, 6.45) is -2.84. The Morgan fingerprint density at radius 2 is 1.81 bits per heavy atom. The number of hydrogen-bond donors (Lipinski definition) is 1. The molecule has 0 radical (unpaired) electrons. The van der Waals surface area contributed by atoms with E-state index in [0.29, 0.717) is 0 Å². The molecule has 1 N–H and O–H groups in total. The van der Waals surface area contributed by atoms with E-state index in [2.05, 4.69) is 26.8 Å². The Balaban J connectivity index is 2.20. The maximum absolute atomic E-state index is 13.4. The molecule has 0 spiro atoms. The van der Waals surface area contributed by atoms with Crippen molar-refractivity contribution in [2.75, 3.05) is 26.4 Å². The molecule has 3 heterocycles. The molecule has 3 rings (SSSR count). The summed E-state index contributed by atoms with van der Waals surface area (Å²) in [5, 5.41) is 2.04. The zero-order valence-electron chi connectivity index (χ0n) is 19.4. The second-order valence-electron chi connectivity index (χ2n) is 8.05. The van der Waals surface area contributed by atoms with Crippen molar-refractivity contribution >= 4 is 33.4 Å². The second-order valence-corrected chi connectivity index (χ2v) is 10.3. The number of piperazine rings is 1. The summed E-state index contributed by atoms with van der Waals surface area (Å²) in [4.78, 5) is 36.6. The Morgan fingerprint density at radius 3 is 2.36 bits per heavy atom. The van der Waals surface area contributed by atoms with Gasteiger partial charge in [0.1, 0.15) is 10.8 Å². The van der Waals surface area contributed by atoms with E-state index in [1.54, 1.807) is 6.92 Å². The molecular weight excluding hydrogens is 525 g/mol. The number of nitrogens with zero attached hydrogens (tertiary/aromatic N) is 5. The Labute approximate surface area is 210 Å². The van der Waals surface area contributed by atoms with E-state index in [1.807, 2.05) is 0 Å². The van der Waals surface area contributed by atoms with Crippen LogP contribution in [0.3, 0.4) is 0 Å². The van der Waals surface area contributed by atoms with Gasteiger partial charge in [0.15, 0.2) is 0 Å². The molecular formula is C21H22ClF3N6O4S. The van der Waals surface area contributed by atoms with Crippen molar-refractivity contribution in [2.24, 2.45) is 0 Å². The molecule has 0 bridgehead atoms. The third kappa shape index (κ3) is 5.82. The van der Waals surface area contributed by atoms with Crippen LogP contribution in [-0.2, 0) is 21.0 Å². The number of nitrogens with one attached hydrogen (secondary N) is 1. The predicted molar refractivity (Wildman–Crippen MR) is 124 cm³/mol. The van der Waals surface area contributed by atoms with Gasteiger partial charge >= 0.3 is 6.18 Å². The van der Waals surface area contributed by atoms with Gasteiger partial charge in [0.2, 0.25) is 21.8 Å². The Kier molecular flexibility index (Phi) is 7.72. The number of carbonyl (C=O) groups excluding carboxylic acids is 2. The molecule has 15 heteroatoms. The number of pyridine rings is 1. The van der Waals surface area contributed by atoms with Crippen LogP contribution in [0.5, 0.6) is 0 Å². The first-order valence-electron chi connectivity index (χ1n) is 10.4. The molecule has 1 aliphatic rings. The van der Waals surface area contributed by atoms with Crippen LogP contribution in [0.2, 0.25) is 5.15 Å². The molecule has 194 valence electrons. The first-order chi connectivity index (χ1) is 16.6. The fraction of sp³-hybridized carbons (Fsp3) is 0.381. The normalized spacial score (nSPS) is 19.1. The number of halogens is 4. The maximum Gasteiger partial charge on any atom is 0.451 e. The van der Waals surface area contributed by atoms with Gasteiger partial charge in [0, 0.05) is 26.2 Å². The third-order valence-electron chi connectivity index (χ3n) is 5.39. The van der Waals surface area contributed by atoms with E-state index in [9.17, 15) is 31.2 Å².